The van der Waals surface area contributed by atoms with E-state index in [9.17, 15) is 24.8 Å². The Bertz CT molecular complexity index is 1570. The average Bonchev–Trinajstić information content (AvgIpc) is 3.45. The second kappa shape index (κ2) is 9.47. The summed E-state index contributed by atoms with van der Waals surface area (Å²) in [6.45, 7) is 2.04. The van der Waals surface area contributed by atoms with E-state index in [-0.39, 0.29) is 17.0 Å². The zero-order valence-corrected chi connectivity index (χ0v) is 20.7. The molecule has 2 heterocycles. The standard InChI is InChI=1S/C27H21N3O6S/c1-3-15-4-13-20-21(14-15)37-27(28-20)29-23(16-5-9-18(10-6-16)30(34)35)22(25(32)26(29)33)24(31)17-7-11-19(36-2)12-8-17/h4-14,23,31H,3H2,1-2H3/t23-/m0/s1. The third-order valence-corrected chi connectivity index (χ3v) is 7.30. The van der Waals surface area contributed by atoms with E-state index < -0.39 is 22.7 Å². The van der Waals surface area contributed by atoms with E-state index in [2.05, 4.69) is 4.98 Å². The van der Waals surface area contributed by atoms with Crippen molar-refractivity contribution in [2.75, 3.05) is 12.0 Å². The molecular weight excluding hydrogens is 494 g/mol. The van der Waals surface area contributed by atoms with E-state index in [0.29, 0.717) is 27.5 Å². The molecule has 0 aliphatic carbocycles. The van der Waals surface area contributed by atoms with E-state index in [1.807, 2.05) is 25.1 Å². The highest BCUT2D eigenvalue weighted by molar-refractivity contribution is 7.22. The van der Waals surface area contributed by atoms with Crippen molar-refractivity contribution in [2.45, 2.75) is 19.4 Å². The number of nitro groups is 1. The van der Waals surface area contributed by atoms with Crippen LogP contribution in [0.4, 0.5) is 10.8 Å². The van der Waals surface area contributed by atoms with Crippen LogP contribution >= 0.6 is 11.3 Å². The molecule has 1 aromatic heterocycles. The number of rotatable bonds is 6. The monoisotopic (exact) mass is 515 g/mol. The zero-order valence-electron chi connectivity index (χ0n) is 19.9. The second-order valence-electron chi connectivity index (χ2n) is 8.40. The van der Waals surface area contributed by atoms with Crippen molar-refractivity contribution in [1.29, 1.82) is 0 Å². The number of Topliss-reactive ketones (excluding diaryl/α,β-unsaturated/α-hetero) is 1. The van der Waals surface area contributed by atoms with Gasteiger partial charge < -0.3 is 9.84 Å². The second-order valence-corrected chi connectivity index (χ2v) is 9.41. The lowest BCUT2D eigenvalue weighted by molar-refractivity contribution is -0.384. The lowest BCUT2D eigenvalue weighted by atomic mass is 9.95. The molecule has 4 aromatic rings. The molecule has 0 unspecified atom stereocenters. The van der Waals surface area contributed by atoms with Gasteiger partial charge in [0.05, 0.1) is 33.9 Å². The summed E-state index contributed by atoms with van der Waals surface area (Å²) in [5.41, 5.74) is 2.27. The molecule has 9 nitrogen and oxygen atoms in total. The summed E-state index contributed by atoms with van der Waals surface area (Å²) in [6.07, 6.45) is 0.832. The van der Waals surface area contributed by atoms with Gasteiger partial charge in [-0.2, -0.15) is 0 Å². The van der Waals surface area contributed by atoms with Gasteiger partial charge >= 0.3 is 5.91 Å². The van der Waals surface area contributed by atoms with Crippen molar-refractivity contribution in [3.63, 3.8) is 0 Å². The largest absolute Gasteiger partial charge is 0.507 e. The lowest BCUT2D eigenvalue weighted by Crippen LogP contribution is -2.29. The van der Waals surface area contributed by atoms with Crippen LogP contribution in [0.15, 0.2) is 72.3 Å². The molecule has 0 spiro atoms. The van der Waals surface area contributed by atoms with Gasteiger partial charge in [-0.1, -0.05) is 24.3 Å². The number of nitro benzene ring substituents is 1. The Morgan fingerprint density at radius 3 is 2.43 bits per heavy atom. The molecule has 1 N–H and O–H groups in total. The van der Waals surface area contributed by atoms with Crippen LogP contribution < -0.4 is 9.64 Å². The number of aryl methyl sites for hydroxylation is 1. The summed E-state index contributed by atoms with van der Waals surface area (Å²) >= 11 is 1.26. The van der Waals surface area contributed by atoms with Crippen molar-refractivity contribution in [2.24, 2.45) is 0 Å². The minimum atomic E-state index is -1.03. The zero-order chi connectivity index (χ0) is 26.3. The van der Waals surface area contributed by atoms with Crippen LogP contribution in [0.1, 0.15) is 29.7 Å². The molecule has 0 radical (unpaired) electrons. The number of aliphatic hydroxyl groups is 1. The molecule has 3 aromatic carbocycles. The highest BCUT2D eigenvalue weighted by Gasteiger charge is 2.48. The number of thiazole rings is 1. The normalized spacial score (nSPS) is 16.9. The number of ether oxygens (including phenoxy) is 1. The van der Waals surface area contributed by atoms with Gasteiger partial charge in [-0.05, 0) is 66.1 Å². The van der Waals surface area contributed by atoms with E-state index in [1.165, 1.54) is 47.6 Å². The molecule has 0 saturated carbocycles. The number of benzene rings is 3. The van der Waals surface area contributed by atoms with E-state index >= 15 is 0 Å². The number of fused-ring (bicyclic) bond motifs is 1. The van der Waals surface area contributed by atoms with Crippen molar-refractivity contribution in [3.8, 4) is 5.75 Å². The molecule has 10 heteroatoms. The summed E-state index contributed by atoms with van der Waals surface area (Å²) in [6, 6.07) is 16.8. The molecule has 1 atom stereocenters. The van der Waals surface area contributed by atoms with E-state index in [0.717, 1.165) is 16.7 Å². The van der Waals surface area contributed by atoms with Crippen LogP contribution in [-0.4, -0.2) is 33.8 Å². The summed E-state index contributed by atoms with van der Waals surface area (Å²) in [4.78, 5) is 43.3. The number of methoxy groups -OCH3 is 1. The highest BCUT2D eigenvalue weighted by atomic mass is 32.1. The molecule has 186 valence electrons. The Morgan fingerprint density at radius 1 is 1.11 bits per heavy atom. The van der Waals surface area contributed by atoms with E-state index in [4.69, 9.17) is 4.74 Å². The topological polar surface area (TPSA) is 123 Å². The number of aromatic nitrogens is 1. The number of anilines is 1. The Labute approximate surface area is 215 Å². The van der Waals surface area contributed by atoms with Crippen LogP contribution in [0.5, 0.6) is 5.75 Å². The highest BCUT2D eigenvalue weighted by Crippen LogP contribution is 2.44. The molecule has 0 bridgehead atoms. The number of amides is 1. The molecule has 1 saturated heterocycles. The van der Waals surface area contributed by atoms with Gasteiger partial charge in [0.1, 0.15) is 11.5 Å². The minimum Gasteiger partial charge on any atom is -0.507 e. The number of hydrogen-bond donors (Lipinski definition) is 1. The molecule has 1 aliphatic heterocycles. The number of nitrogens with zero attached hydrogens (tertiary/aromatic N) is 3. The van der Waals surface area contributed by atoms with Crippen LogP contribution in [0.25, 0.3) is 16.0 Å². The molecule has 1 amide bonds. The van der Waals surface area contributed by atoms with Gasteiger partial charge in [-0.3, -0.25) is 24.6 Å². The first-order valence-electron chi connectivity index (χ1n) is 11.4. The van der Waals surface area contributed by atoms with Crippen LogP contribution in [0.2, 0.25) is 0 Å². The van der Waals surface area contributed by atoms with Gasteiger partial charge in [0.25, 0.3) is 11.5 Å². The molecule has 37 heavy (non-hydrogen) atoms. The Kier molecular flexibility index (Phi) is 6.18. The lowest BCUT2D eigenvalue weighted by Gasteiger charge is -2.22. The summed E-state index contributed by atoms with van der Waals surface area (Å²) in [7, 11) is 1.51. The summed E-state index contributed by atoms with van der Waals surface area (Å²) in [5, 5.41) is 22.7. The Balaban J connectivity index is 1.70. The van der Waals surface area contributed by atoms with Crippen molar-refractivity contribution in [3.05, 3.63) is 99.1 Å². The number of aliphatic hydroxyl groups excluding tert-OH is 1. The maximum Gasteiger partial charge on any atom is 0.301 e. The number of carbonyl (C=O) groups excluding carboxylic acids is 2. The van der Waals surface area contributed by atoms with Crippen molar-refractivity contribution in [1.82, 2.24) is 4.98 Å². The fourth-order valence-electron chi connectivity index (χ4n) is 4.31. The predicted octanol–water partition coefficient (Wildman–Crippen LogP) is 5.40. The molecule has 1 aliphatic rings. The summed E-state index contributed by atoms with van der Waals surface area (Å²) in [5.74, 6) is -1.51. The van der Waals surface area contributed by atoms with Crippen molar-refractivity contribution >= 4 is 49.8 Å². The van der Waals surface area contributed by atoms with Gasteiger partial charge in [0, 0.05) is 17.7 Å². The van der Waals surface area contributed by atoms with Gasteiger partial charge in [-0.25, -0.2) is 4.98 Å². The molecule has 1 fully saturated rings. The van der Waals surface area contributed by atoms with Crippen LogP contribution in [0, 0.1) is 10.1 Å². The first-order valence-corrected chi connectivity index (χ1v) is 12.2. The fourth-order valence-corrected chi connectivity index (χ4v) is 5.36. The Hall–Kier alpha value is -4.57. The van der Waals surface area contributed by atoms with Crippen LogP contribution in [-0.2, 0) is 16.0 Å². The number of non-ortho nitro benzene ring substituents is 1. The smallest absolute Gasteiger partial charge is 0.301 e. The third kappa shape index (κ3) is 4.21. The maximum atomic E-state index is 13.4. The number of hydrogen-bond acceptors (Lipinski definition) is 8. The Morgan fingerprint density at radius 2 is 1.81 bits per heavy atom. The molecule has 5 rings (SSSR count). The third-order valence-electron chi connectivity index (χ3n) is 6.28. The first-order chi connectivity index (χ1) is 17.8. The predicted molar refractivity (Wildman–Crippen MR) is 140 cm³/mol. The number of ketones is 1. The quantitative estimate of drug-likeness (QED) is 0.120. The van der Waals surface area contributed by atoms with Gasteiger partial charge in [0.15, 0.2) is 5.13 Å². The average molecular weight is 516 g/mol. The van der Waals surface area contributed by atoms with Crippen molar-refractivity contribution < 1.29 is 24.4 Å². The molecular formula is C27H21N3O6S. The summed E-state index contributed by atoms with van der Waals surface area (Å²) < 4.78 is 6.02. The van der Waals surface area contributed by atoms with Crippen LogP contribution in [0.3, 0.4) is 0 Å². The van der Waals surface area contributed by atoms with Gasteiger partial charge in [0.2, 0.25) is 0 Å². The van der Waals surface area contributed by atoms with Gasteiger partial charge in [-0.15, -0.1) is 0 Å². The maximum absolute atomic E-state index is 13.4. The fraction of sp³-hybridized carbons (Fsp3) is 0.148. The van der Waals surface area contributed by atoms with E-state index in [1.54, 1.807) is 24.3 Å². The SMILES string of the molecule is CCc1ccc2nc(N3C(=O)C(=O)C(=C(O)c4ccc(OC)cc4)[C@@H]3c3ccc([N+](=O)[O-])cc3)sc2c1. The minimum absolute atomic E-state index is 0.127. The first kappa shape index (κ1) is 24.1. The number of carbonyl (C=O) groups is 2.